The Morgan fingerprint density at radius 2 is 1.32 bits per heavy atom. The highest BCUT2D eigenvalue weighted by atomic mass is 16.4. The van der Waals surface area contributed by atoms with E-state index < -0.39 is 5.60 Å². The lowest BCUT2D eigenvalue weighted by Crippen LogP contribution is -2.31. The van der Waals surface area contributed by atoms with E-state index in [1.807, 2.05) is 60.7 Å². The van der Waals surface area contributed by atoms with Crippen molar-refractivity contribution in [2.24, 2.45) is 5.16 Å². The number of hydrogen-bond donors (Lipinski definition) is 2. The van der Waals surface area contributed by atoms with Crippen molar-refractivity contribution >= 4 is 5.71 Å². The molecule has 3 rings (SSSR count). The first-order valence-electron chi connectivity index (χ1n) is 7.69. The molecule has 0 atom stereocenters. The molecule has 0 unspecified atom stereocenters. The molecule has 2 N–H and O–H groups in total. The van der Waals surface area contributed by atoms with Gasteiger partial charge in [0.1, 0.15) is 5.60 Å². The zero-order chi connectivity index (χ0) is 16.8. The lowest BCUT2D eigenvalue weighted by atomic mass is 9.81. The summed E-state index contributed by atoms with van der Waals surface area (Å²) in [7, 11) is 0. The van der Waals surface area contributed by atoms with E-state index in [4.69, 9.17) is 0 Å². The van der Waals surface area contributed by atoms with Crippen LogP contribution in [0.15, 0.2) is 90.3 Å². The zero-order valence-corrected chi connectivity index (χ0v) is 13.1. The molecule has 0 aliphatic carbocycles. The maximum Gasteiger partial charge on any atom is 0.120 e. The van der Waals surface area contributed by atoms with Gasteiger partial charge in [0.05, 0.1) is 5.71 Å². The van der Waals surface area contributed by atoms with Crippen LogP contribution in [0, 0.1) is 0 Å². The summed E-state index contributed by atoms with van der Waals surface area (Å²) in [5.74, 6) is 0. The van der Waals surface area contributed by atoms with Gasteiger partial charge in [0.25, 0.3) is 0 Å². The molecule has 128 valence electrons. The molecule has 2 aromatic carbocycles. The fourth-order valence-electron chi connectivity index (χ4n) is 2.78. The van der Waals surface area contributed by atoms with E-state index in [9.17, 15) is 10.3 Å². The highest BCUT2D eigenvalue weighted by Gasteiger charge is 2.33. The summed E-state index contributed by atoms with van der Waals surface area (Å²) in [6.45, 7) is 0. The van der Waals surface area contributed by atoms with Crippen molar-refractivity contribution in [2.45, 2.75) is 19.4 Å². The Hall–Kier alpha value is -2.98. The number of pyridine rings is 1. The van der Waals surface area contributed by atoms with Crippen LogP contribution in [-0.4, -0.2) is 21.0 Å². The number of hydrogen-bond acceptors (Lipinski definition) is 4. The smallest absolute Gasteiger partial charge is 0.120 e. The molecule has 0 aliphatic heterocycles. The lowest BCUT2D eigenvalue weighted by Gasteiger charge is -2.29. The summed E-state index contributed by atoms with van der Waals surface area (Å²) in [4.78, 5) is 3.98. The minimum Gasteiger partial charge on any atom is -0.411 e. The molecule has 0 bridgehead atoms. The summed E-state index contributed by atoms with van der Waals surface area (Å²) < 4.78 is 0. The van der Waals surface area contributed by atoms with E-state index in [1.165, 1.54) is 0 Å². The largest absolute Gasteiger partial charge is 0.411 e. The van der Waals surface area contributed by atoms with E-state index in [0.717, 1.165) is 16.7 Å². The van der Waals surface area contributed by atoms with E-state index >= 15 is 0 Å². The molecular formula is C21H22N2O2. The molecule has 0 fully saturated rings. The molecule has 1 aromatic heterocycles. The molecule has 0 saturated carbocycles. The monoisotopic (exact) mass is 334 g/mol. The van der Waals surface area contributed by atoms with Crippen molar-refractivity contribution in [1.82, 2.24) is 4.98 Å². The quantitative estimate of drug-likeness (QED) is 0.417. The van der Waals surface area contributed by atoms with Crippen LogP contribution in [0.1, 0.15) is 30.5 Å². The Morgan fingerprint density at radius 3 is 1.76 bits per heavy atom. The van der Waals surface area contributed by atoms with E-state index in [-0.39, 0.29) is 13.8 Å². The fourth-order valence-corrected chi connectivity index (χ4v) is 2.78. The molecule has 4 nitrogen and oxygen atoms in total. The summed E-state index contributed by atoms with van der Waals surface area (Å²) >= 11 is 0. The van der Waals surface area contributed by atoms with Gasteiger partial charge in [-0.3, -0.25) is 4.98 Å². The standard InChI is InChI=1S/C20H18N2O2.CH4/c23-20(17-7-3-1-4-8-17,18-9-5-2-6-10-18)15-19(22-24)16-11-13-21-14-12-16;/h1-14,23-24H,15H2;1H4/b22-19+;. The lowest BCUT2D eigenvalue weighted by molar-refractivity contribution is 0.0881. The van der Waals surface area contributed by atoms with Gasteiger partial charge in [-0.05, 0) is 23.3 Å². The van der Waals surface area contributed by atoms with Crippen LogP contribution in [0.4, 0.5) is 0 Å². The van der Waals surface area contributed by atoms with E-state index in [0.29, 0.717) is 5.71 Å². The van der Waals surface area contributed by atoms with E-state index in [1.54, 1.807) is 24.5 Å². The van der Waals surface area contributed by atoms with Gasteiger partial charge in [0.15, 0.2) is 0 Å². The Morgan fingerprint density at radius 1 is 0.840 bits per heavy atom. The van der Waals surface area contributed by atoms with Crippen LogP contribution in [0.2, 0.25) is 0 Å². The zero-order valence-electron chi connectivity index (χ0n) is 13.1. The third-order valence-electron chi connectivity index (χ3n) is 4.06. The molecule has 4 heteroatoms. The third-order valence-corrected chi connectivity index (χ3v) is 4.06. The van der Waals surface area contributed by atoms with Gasteiger partial charge in [-0.2, -0.15) is 0 Å². The fraction of sp³-hybridized carbons (Fsp3) is 0.143. The van der Waals surface area contributed by atoms with Crippen molar-refractivity contribution in [2.75, 3.05) is 0 Å². The van der Waals surface area contributed by atoms with Crippen molar-refractivity contribution in [3.8, 4) is 0 Å². The highest BCUT2D eigenvalue weighted by Crippen LogP contribution is 2.34. The van der Waals surface area contributed by atoms with E-state index in [2.05, 4.69) is 10.1 Å². The Balaban J connectivity index is 0.00000225. The summed E-state index contributed by atoms with van der Waals surface area (Å²) in [6.07, 6.45) is 3.40. The maximum atomic E-state index is 11.5. The second-order valence-corrected chi connectivity index (χ2v) is 5.55. The molecule has 1 heterocycles. The Kier molecular flexibility index (Phi) is 6.03. The topological polar surface area (TPSA) is 65.7 Å². The predicted octanol–water partition coefficient (Wildman–Crippen LogP) is 4.22. The number of benzene rings is 2. The molecule has 25 heavy (non-hydrogen) atoms. The minimum absolute atomic E-state index is 0. The van der Waals surface area contributed by atoms with Crippen molar-refractivity contribution < 1.29 is 10.3 Å². The van der Waals surface area contributed by atoms with Gasteiger partial charge in [-0.1, -0.05) is 73.2 Å². The summed E-state index contributed by atoms with van der Waals surface area (Å²) in [6, 6.07) is 22.3. The first-order chi connectivity index (χ1) is 11.7. The average Bonchev–Trinajstić information content (AvgIpc) is 2.68. The first kappa shape index (κ1) is 18.4. The second-order valence-electron chi connectivity index (χ2n) is 5.55. The number of nitrogens with zero attached hydrogens (tertiary/aromatic N) is 2. The number of aliphatic hydroxyl groups is 1. The molecule has 0 saturated heterocycles. The van der Waals surface area contributed by atoms with Crippen LogP contribution in [0.5, 0.6) is 0 Å². The van der Waals surface area contributed by atoms with Crippen LogP contribution in [-0.2, 0) is 5.60 Å². The van der Waals surface area contributed by atoms with Gasteiger partial charge in [0, 0.05) is 24.4 Å². The van der Waals surface area contributed by atoms with Gasteiger partial charge >= 0.3 is 0 Å². The summed E-state index contributed by atoms with van der Waals surface area (Å²) in [5.41, 5.74) is 1.30. The van der Waals surface area contributed by atoms with Gasteiger partial charge in [-0.25, -0.2) is 0 Å². The summed E-state index contributed by atoms with van der Waals surface area (Å²) in [5, 5.41) is 24.4. The molecule has 0 spiro atoms. The number of aromatic nitrogens is 1. The Labute approximate surface area is 148 Å². The Bertz CT molecular complexity index is 764. The van der Waals surface area contributed by atoms with Gasteiger partial charge in [-0.15, -0.1) is 0 Å². The van der Waals surface area contributed by atoms with Crippen LogP contribution >= 0.6 is 0 Å². The van der Waals surface area contributed by atoms with Crippen molar-refractivity contribution in [1.29, 1.82) is 0 Å². The third kappa shape index (κ3) is 3.92. The molecule has 3 aromatic rings. The number of rotatable bonds is 5. The van der Waals surface area contributed by atoms with Crippen LogP contribution in [0.3, 0.4) is 0 Å². The molecule has 0 radical (unpaired) electrons. The number of oxime groups is 1. The normalized spacial score (nSPS) is 11.6. The van der Waals surface area contributed by atoms with Crippen LogP contribution < -0.4 is 0 Å². The molecular weight excluding hydrogens is 312 g/mol. The van der Waals surface area contributed by atoms with Gasteiger partial charge in [0.2, 0.25) is 0 Å². The first-order valence-corrected chi connectivity index (χ1v) is 7.69. The highest BCUT2D eigenvalue weighted by molar-refractivity contribution is 6.01. The SMILES string of the molecule is C.O/N=C(\CC(O)(c1ccccc1)c1ccccc1)c1ccncc1. The predicted molar refractivity (Wildman–Crippen MR) is 99.8 cm³/mol. The van der Waals surface area contributed by atoms with Crippen molar-refractivity contribution in [3.05, 3.63) is 102 Å². The molecule has 0 aliphatic rings. The molecule has 0 amide bonds. The maximum absolute atomic E-state index is 11.5. The second kappa shape index (κ2) is 8.22. The van der Waals surface area contributed by atoms with Gasteiger partial charge < -0.3 is 10.3 Å². The van der Waals surface area contributed by atoms with Crippen LogP contribution in [0.25, 0.3) is 0 Å². The average molecular weight is 334 g/mol. The van der Waals surface area contributed by atoms with Crippen molar-refractivity contribution in [3.63, 3.8) is 0 Å². The minimum atomic E-state index is -1.30.